The molecule has 0 radical (unpaired) electrons. The maximum absolute atomic E-state index is 12.3. The quantitative estimate of drug-likeness (QED) is 0.826. The van der Waals surface area contributed by atoms with Gasteiger partial charge in [-0.05, 0) is 45.1 Å². The molecule has 1 aliphatic heterocycles. The molecule has 1 saturated heterocycles. The summed E-state index contributed by atoms with van der Waals surface area (Å²) < 4.78 is 11.6. The second kappa shape index (κ2) is 6.71. The Labute approximate surface area is 143 Å². The first-order valence-corrected chi connectivity index (χ1v) is 8.54. The fourth-order valence-electron chi connectivity index (χ4n) is 3.08. The van der Waals surface area contributed by atoms with E-state index in [9.17, 15) is 4.79 Å². The SMILES string of the molecule is CC(C)(C)OC(=O)N1CCCC1COc1cccc2ccccc12. The number of amides is 1. The summed E-state index contributed by atoms with van der Waals surface area (Å²) in [6.07, 6.45) is 1.69. The molecule has 0 aromatic heterocycles. The third kappa shape index (κ3) is 3.81. The average molecular weight is 327 g/mol. The normalized spacial score (nSPS) is 18.0. The number of carbonyl (C=O) groups excluding carboxylic acids is 1. The Morgan fingerprint density at radius 3 is 2.71 bits per heavy atom. The van der Waals surface area contributed by atoms with Gasteiger partial charge in [-0.1, -0.05) is 36.4 Å². The zero-order valence-corrected chi connectivity index (χ0v) is 14.6. The van der Waals surface area contributed by atoms with E-state index in [2.05, 4.69) is 18.2 Å². The molecule has 24 heavy (non-hydrogen) atoms. The van der Waals surface area contributed by atoms with E-state index in [-0.39, 0.29) is 12.1 Å². The summed E-state index contributed by atoms with van der Waals surface area (Å²) in [7, 11) is 0. The van der Waals surface area contributed by atoms with E-state index in [1.807, 2.05) is 45.0 Å². The summed E-state index contributed by atoms with van der Waals surface area (Å²) in [6.45, 7) is 6.90. The number of nitrogens with zero attached hydrogens (tertiary/aromatic N) is 1. The largest absolute Gasteiger partial charge is 0.491 e. The second-order valence-electron chi connectivity index (χ2n) is 7.26. The summed E-state index contributed by atoms with van der Waals surface area (Å²) in [5.74, 6) is 0.865. The van der Waals surface area contributed by atoms with Crippen molar-refractivity contribution in [3.8, 4) is 5.75 Å². The minimum atomic E-state index is -0.472. The van der Waals surface area contributed by atoms with Gasteiger partial charge in [-0.3, -0.25) is 0 Å². The van der Waals surface area contributed by atoms with Crippen molar-refractivity contribution < 1.29 is 14.3 Å². The first-order chi connectivity index (χ1) is 11.4. The van der Waals surface area contributed by atoms with Crippen molar-refractivity contribution in [3.63, 3.8) is 0 Å². The Kier molecular flexibility index (Phi) is 4.65. The van der Waals surface area contributed by atoms with Gasteiger partial charge in [-0.25, -0.2) is 4.79 Å². The minimum Gasteiger partial charge on any atom is -0.491 e. The fourth-order valence-corrected chi connectivity index (χ4v) is 3.08. The van der Waals surface area contributed by atoms with Crippen LogP contribution in [0.15, 0.2) is 42.5 Å². The van der Waals surface area contributed by atoms with Crippen LogP contribution in [-0.2, 0) is 4.74 Å². The van der Waals surface area contributed by atoms with Crippen LogP contribution in [0.25, 0.3) is 10.8 Å². The van der Waals surface area contributed by atoms with E-state index < -0.39 is 5.60 Å². The van der Waals surface area contributed by atoms with Gasteiger partial charge in [0, 0.05) is 11.9 Å². The summed E-state index contributed by atoms with van der Waals surface area (Å²) >= 11 is 0. The molecule has 4 nitrogen and oxygen atoms in total. The van der Waals surface area contributed by atoms with Crippen molar-refractivity contribution in [1.82, 2.24) is 4.90 Å². The minimum absolute atomic E-state index is 0.0684. The molecule has 1 fully saturated rings. The number of fused-ring (bicyclic) bond motifs is 1. The van der Waals surface area contributed by atoms with Crippen molar-refractivity contribution in [1.29, 1.82) is 0 Å². The summed E-state index contributed by atoms with van der Waals surface area (Å²) in [6, 6.07) is 14.3. The molecule has 1 heterocycles. The Balaban J connectivity index is 1.68. The highest BCUT2D eigenvalue weighted by Gasteiger charge is 2.32. The molecule has 3 rings (SSSR count). The number of carbonyl (C=O) groups is 1. The molecule has 1 atom stereocenters. The summed E-state index contributed by atoms with van der Waals surface area (Å²) in [5.41, 5.74) is -0.472. The van der Waals surface area contributed by atoms with E-state index in [0.29, 0.717) is 6.61 Å². The predicted octanol–water partition coefficient (Wildman–Crippen LogP) is 4.62. The van der Waals surface area contributed by atoms with Crippen LogP contribution in [0.5, 0.6) is 5.75 Å². The van der Waals surface area contributed by atoms with Gasteiger partial charge in [0.05, 0.1) is 6.04 Å². The first kappa shape index (κ1) is 16.6. The number of benzene rings is 2. The van der Waals surface area contributed by atoms with Crippen molar-refractivity contribution in [3.05, 3.63) is 42.5 Å². The first-order valence-electron chi connectivity index (χ1n) is 8.54. The number of ether oxygens (including phenoxy) is 2. The molecule has 2 aromatic rings. The lowest BCUT2D eigenvalue weighted by atomic mass is 10.1. The molecule has 0 aliphatic carbocycles. The summed E-state index contributed by atoms with van der Waals surface area (Å²) in [4.78, 5) is 14.1. The third-order valence-electron chi connectivity index (χ3n) is 4.19. The molecule has 0 saturated carbocycles. The van der Waals surface area contributed by atoms with Crippen LogP contribution in [0.3, 0.4) is 0 Å². The van der Waals surface area contributed by atoms with E-state index in [4.69, 9.17) is 9.47 Å². The lowest BCUT2D eigenvalue weighted by Crippen LogP contribution is -2.42. The van der Waals surface area contributed by atoms with Crippen molar-refractivity contribution >= 4 is 16.9 Å². The summed E-state index contributed by atoms with van der Waals surface area (Å²) in [5, 5.41) is 2.26. The van der Waals surface area contributed by atoms with Gasteiger partial charge >= 0.3 is 6.09 Å². The van der Waals surface area contributed by atoms with E-state index in [0.717, 1.165) is 35.9 Å². The smallest absolute Gasteiger partial charge is 0.410 e. The van der Waals surface area contributed by atoms with Crippen LogP contribution in [0.4, 0.5) is 4.79 Å². The Hall–Kier alpha value is -2.23. The van der Waals surface area contributed by atoms with Crippen LogP contribution in [0, 0.1) is 0 Å². The molecule has 0 bridgehead atoms. The zero-order valence-electron chi connectivity index (χ0n) is 14.6. The van der Waals surface area contributed by atoms with Crippen molar-refractivity contribution in [2.75, 3.05) is 13.2 Å². The van der Waals surface area contributed by atoms with Gasteiger partial charge < -0.3 is 14.4 Å². The Bertz CT molecular complexity index is 715. The Morgan fingerprint density at radius 2 is 1.92 bits per heavy atom. The maximum atomic E-state index is 12.3. The van der Waals surface area contributed by atoms with Gasteiger partial charge in [0.15, 0.2) is 0 Å². The molecular weight excluding hydrogens is 302 g/mol. The highest BCUT2D eigenvalue weighted by molar-refractivity contribution is 5.88. The number of hydrogen-bond acceptors (Lipinski definition) is 3. The monoisotopic (exact) mass is 327 g/mol. The molecule has 1 amide bonds. The number of hydrogen-bond donors (Lipinski definition) is 0. The van der Waals surface area contributed by atoms with Gasteiger partial charge in [0.1, 0.15) is 18.0 Å². The van der Waals surface area contributed by atoms with Crippen molar-refractivity contribution in [2.24, 2.45) is 0 Å². The highest BCUT2D eigenvalue weighted by Crippen LogP contribution is 2.27. The van der Waals surface area contributed by atoms with Crippen molar-refractivity contribution in [2.45, 2.75) is 45.3 Å². The molecular formula is C20H25NO3. The second-order valence-corrected chi connectivity index (χ2v) is 7.26. The lowest BCUT2D eigenvalue weighted by molar-refractivity contribution is 0.0188. The van der Waals surface area contributed by atoms with Crippen LogP contribution >= 0.6 is 0 Å². The standard InChI is InChI=1S/C20H25NO3/c1-20(2,3)24-19(22)21-13-7-10-16(21)14-23-18-12-6-9-15-8-4-5-11-17(15)18/h4-6,8-9,11-12,16H,7,10,13-14H2,1-3H3. The third-order valence-corrected chi connectivity index (χ3v) is 4.19. The van der Waals surface area contributed by atoms with Crippen LogP contribution in [-0.4, -0.2) is 35.8 Å². The molecule has 1 unspecified atom stereocenters. The highest BCUT2D eigenvalue weighted by atomic mass is 16.6. The van der Waals surface area contributed by atoms with E-state index in [1.165, 1.54) is 0 Å². The predicted molar refractivity (Wildman–Crippen MR) is 95.4 cm³/mol. The van der Waals surface area contributed by atoms with Gasteiger partial charge in [-0.15, -0.1) is 0 Å². The van der Waals surface area contributed by atoms with Gasteiger partial charge in [0.2, 0.25) is 0 Å². The molecule has 2 aromatic carbocycles. The van der Waals surface area contributed by atoms with Gasteiger partial charge in [0.25, 0.3) is 0 Å². The number of rotatable bonds is 3. The lowest BCUT2D eigenvalue weighted by Gasteiger charge is -2.28. The van der Waals surface area contributed by atoms with Crippen LogP contribution in [0.1, 0.15) is 33.6 Å². The van der Waals surface area contributed by atoms with E-state index >= 15 is 0 Å². The molecule has 1 aliphatic rings. The van der Waals surface area contributed by atoms with E-state index in [1.54, 1.807) is 4.90 Å². The topological polar surface area (TPSA) is 38.8 Å². The maximum Gasteiger partial charge on any atom is 0.410 e. The molecule has 4 heteroatoms. The van der Waals surface area contributed by atoms with Gasteiger partial charge in [-0.2, -0.15) is 0 Å². The molecule has 0 spiro atoms. The zero-order chi connectivity index (χ0) is 17.2. The molecule has 128 valence electrons. The Morgan fingerprint density at radius 1 is 1.17 bits per heavy atom. The molecule has 0 N–H and O–H groups in total. The average Bonchev–Trinajstić information content (AvgIpc) is 3.00. The fraction of sp³-hybridized carbons (Fsp3) is 0.450. The number of likely N-dealkylation sites (tertiary alicyclic amines) is 1. The van der Waals surface area contributed by atoms with Crippen LogP contribution < -0.4 is 4.74 Å². The van der Waals surface area contributed by atoms with Crippen LogP contribution in [0.2, 0.25) is 0 Å².